The van der Waals surface area contributed by atoms with Gasteiger partial charge in [0.25, 0.3) is 17.7 Å². The van der Waals surface area contributed by atoms with Crippen LogP contribution in [0.15, 0.2) is 54.7 Å². The van der Waals surface area contributed by atoms with E-state index < -0.39 is 23.4 Å². The number of hydrogen-bond acceptors (Lipinski definition) is 7. The molecule has 0 aliphatic carbocycles. The Labute approximate surface area is 205 Å². The van der Waals surface area contributed by atoms with E-state index in [1.807, 2.05) is 6.07 Å². The summed E-state index contributed by atoms with van der Waals surface area (Å²) in [5.74, 6) is -0.942. The normalized spacial score (nSPS) is 18.6. The van der Waals surface area contributed by atoms with E-state index >= 15 is 0 Å². The first kappa shape index (κ1) is 22.8. The maximum absolute atomic E-state index is 13.1. The number of carbonyl (C=O) groups is 4. The van der Waals surface area contributed by atoms with Crippen LogP contribution in [0.5, 0.6) is 5.75 Å². The average Bonchev–Trinajstić information content (AvgIpc) is 3.33. The molecule has 182 valence electrons. The molecular formula is C25H22N6O5. The van der Waals surface area contributed by atoms with Gasteiger partial charge in [0.2, 0.25) is 0 Å². The van der Waals surface area contributed by atoms with Gasteiger partial charge in [0, 0.05) is 23.9 Å². The number of primary amides is 1. The number of hydrogen-bond donors (Lipinski definition) is 4. The molecule has 0 radical (unpaired) electrons. The molecule has 1 aromatic heterocycles. The largest absolute Gasteiger partial charge is 0.497 e. The number of amides is 5. The van der Waals surface area contributed by atoms with Crippen LogP contribution in [0.4, 0.5) is 10.6 Å². The van der Waals surface area contributed by atoms with Crippen LogP contribution in [0.3, 0.4) is 0 Å². The molecule has 36 heavy (non-hydrogen) atoms. The maximum Gasteiger partial charge on any atom is 0.322 e. The molecule has 3 aromatic rings. The van der Waals surface area contributed by atoms with Crippen molar-refractivity contribution in [3.05, 3.63) is 77.0 Å². The fourth-order valence-corrected chi connectivity index (χ4v) is 4.56. The predicted octanol–water partition coefficient (Wildman–Crippen LogP) is 1.13. The summed E-state index contributed by atoms with van der Waals surface area (Å²) in [6, 6.07) is 12.9. The summed E-state index contributed by atoms with van der Waals surface area (Å²) in [6.07, 6.45) is 1.50. The quantitative estimate of drug-likeness (QED) is 0.378. The van der Waals surface area contributed by atoms with Gasteiger partial charge in [0.05, 0.1) is 19.2 Å². The van der Waals surface area contributed by atoms with Gasteiger partial charge in [0.15, 0.2) is 5.54 Å². The molecule has 2 aromatic carbocycles. The van der Waals surface area contributed by atoms with Crippen molar-refractivity contribution >= 4 is 29.6 Å². The number of aromatic nitrogens is 1. The lowest BCUT2D eigenvalue weighted by Crippen LogP contribution is -2.52. The van der Waals surface area contributed by atoms with Crippen molar-refractivity contribution in [2.24, 2.45) is 5.73 Å². The number of benzene rings is 2. The molecule has 0 saturated carbocycles. The topological polar surface area (TPSA) is 170 Å². The number of pyridine rings is 1. The van der Waals surface area contributed by atoms with Crippen LogP contribution in [0.1, 0.15) is 31.8 Å². The Balaban J connectivity index is 1.48. The highest BCUT2D eigenvalue weighted by molar-refractivity contribution is 6.08. The molecule has 0 bridgehead atoms. The number of fused-ring (bicyclic) bond motifs is 1. The minimum absolute atomic E-state index is 0.0288. The molecule has 0 unspecified atom stereocenters. The molecule has 11 nitrogen and oxygen atoms in total. The molecule has 5 amide bonds. The Morgan fingerprint density at radius 3 is 2.50 bits per heavy atom. The lowest BCUT2D eigenvalue weighted by atomic mass is 9.88. The summed E-state index contributed by atoms with van der Waals surface area (Å²) >= 11 is 0. The number of methoxy groups -OCH3 is 1. The number of rotatable bonds is 6. The van der Waals surface area contributed by atoms with Gasteiger partial charge in [-0.05, 0) is 34.9 Å². The Bertz CT molecular complexity index is 1440. The molecular weight excluding hydrogens is 464 g/mol. The molecule has 5 rings (SSSR count). The highest BCUT2D eigenvalue weighted by Gasteiger charge is 2.50. The van der Waals surface area contributed by atoms with Gasteiger partial charge in [-0.3, -0.25) is 19.7 Å². The zero-order chi connectivity index (χ0) is 25.6. The first-order valence-electron chi connectivity index (χ1n) is 11.0. The van der Waals surface area contributed by atoms with E-state index in [1.165, 1.54) is 24.3 Å². The Kier molecular flexibility index (Phi) is 5.32. The second-order valence-electron chi connectivity index (χ2n) is 8.60. The number of anilines is 1. The van der Waals surface area contributed by atoms with Crippen LogP contribution in [0.25, 0.3) is 11.1 Å². The summed E-state index contributed by atoms with van der Waals surface area (Å²) in [7, 11) is 1.52. The molecule has 3 heterocycles. The summed E-state index contributed by atoms with van der Waals surface area (Å²) in [6.45, 7) is 0.211. The molecule has 1 fully saturated rings. The highest BCUT2D eigenvalue weighted by Crippen LogP contribution is 2.33. The minimum atomic E-state index is -1.49. The zero-order valence-electron chi connectivity index (χ0n) is 19.2. The Morgan fingerprint density at radius 2 is 1.86 bits per heavy atom. The van der Waals surface area contributed by atoms with Crippen molar-refractivity contribution in [2.75, 3.05) is 19.4 Å². The van der Waals surface area contributed by atoms with Crippen LogP contribution in [-0.2, 0) is 16.9 Å². The highest BCUT2D eigenvalue weighted by atomic mass is 16.5. The van der Waals surface area contributed by atoms with Gasteiger partial charge in [0.1, 0.15) is 11.6 Å². The fourth-order valence-electron chi connectivity index (χ4n) is 4.56. The number of nitrogens with zero attached hydrogens (tertiary/aromatic N) is 2. The van der Waals surface area contributed by atoms with Crippen LogP contribution >= 0.6 is 0 Å². The summed E-state index contributed by atoms with van der Waals surface area (Å²) in [4.78, 5) is 55.6. The van der Waals surface area contributed by atoms with Gasteiger partial charge >= 0.3 is 6.03 Å². The molecule has 0 spiro atoms. The summed E-state index contributed by atoms with van der Waals surface area (Å²) < 4.78 is 5.22. The number of carbonyl (C=O) groups excluding carboxylic acids is 4. The molecule has 11 heteroatoms. The van der Waals surface area contributed by atoms with Crippen molar-refractivity contribution in [3.8, 4) is 16.9 Å². The zero-order valence-corrected chi connectivity index (χ0v) is 19.2. The van der Waals surface area contributed by atoms with Gasteiger partial charge in [-0.15, -0.1) is 0 Å². The van der Waals surface area contributed by atoms with E-state index in [9.17, 15) is 19.2 Å². The summed E-state index contributed by atoms with van der Waals surface area (Å²) in [5.41, 5.74) is 12.8. The number of nitrogen functional groups attached to an aromatic ring is 1. The standard InChI is InChI=1S/C25H22N6O5/c1-36-17-7-4-14-11-31(22(33)18(14)9-17)12-25(23(34)29-24(35)30-25)16-5-2-13(3-6-16)15-8-19(21(27)32)20(26)28-10-15/h2-10H,11-12H2,1H3,(H2,26,28)(H2,27,32)(H2,29,30,34,35)/t25-/m0/s1. The van der Waals surface area contributed by atoms with Crippen LogP contribution in [0, 0.1) is 0 Å². The van der Waals surface area contributed by atoms with E-state index in [2.05, 4.69) is 15.6 Å². The minimum Gasteiger partial charge on any atom is -0.497 e. The van der Waals surface area contributed by atoms with Crippen LogP contribution < -0.4 is 26.8 Å². The molecule has 1 saturated heterocycles. The monoisotopic (exact) mass is 486 g/mol. The predicted molar refractivity (Wildman–Crippen MR) is 129 cm³/mol. The Hall–Kier alpha value is -4.93. The fraction of sp³-hybridized carbons (Fsp3) is 0.160. The third-order valence-electron chi connectivity index (χ3n) is 6.46. The number of nitrogens with two attached hydrogens (primary N) is 2. The lowest BCUT2D eigenvalue weighted by Gasteiger charge is -2.31. The summed E-state index contributed by atoms with van der Waals surface area (Å²) in [5, 5.41) is 5.00. The molecule has 1 atom stereocenters. The first-order valence-corrected chi connectivity index (χ1v) is 11.0. The van der Waals surface area contributed by atoms with E-state index in [-0.39, 0.29) is 30.4 Å². The van der Waals surface area contributed by atoms with Crippen molar-refractivity contribution in [2.45, 2.75) is 12.1 Å². The number of nitrogens with one attached hydrogen (secondary N) is 2. The van der Waals surface area contributed by atoms with Gasteiger partial charge in [-0.25, -0.2) is 9.78 Å². The van der Waals surface area contributed by atoms with E-state index in [0.29, 0.717) is 28.0 Å². The molecule has 6 N–H and O–H groups in total. The van der Waals surface area contributed by atoms with E-state index in [1.54, 1.807) is 36.4 Å². The van der Waals surface area contributed by atoms with E-state index in [0.717, 1.165) is 5.56 Å². The Morgan fingerprint density at radius 1 is 1.11 bits per heavy atom. The SMILES string of the molecule is COc1ccc2c(c1)C(=O)N(C[C@@]1(c3ccc(-c4cnc(N)c(C(N)=O)c4)cc3)NC(=O)NC1=O)C2. The van der Waals surface area contributed by atoms with Gasteiger partial charge < -0.3 is 26.4 Å². The average molecular weight is 486 g/mol. The third-order valence-corrected chi connectivity index (χ3v) is 6.46. The molecule has 2 aliphatic heterocycles. The van der Waals surface area contributed by atoms with Crippen molar-refractivity contribution in [1.82, 2.24) is 20.5 Å². The van der Waals surface area contributed by atoms with Crippen molar-refractivity contribution in [3.63, 3.8) is 0 Å². The van der Waals surface area contributed by atoms with Crippen molar-refractivity contribution in [1.29, 1.82) is 0 Å². The van der Waals surface area contributed by atoms with Crippen LogP contribution in [0.2, 0.25) is 0 Å². The number of imide groups is 1. The van der Waals surface area contributed by atoms with E-state index in [4.69, 9.17) is 16.2 Å². The third kappa shape index (κ3) is 3.66. The molecule has 2 aliphatic rings. The maximum atomic E-state index is 13.1. The second-order valence-corrected chi connectivity index (χ2v) is 8.60. The van der Waals surface area contributed by atoms with Crippen LogP contribution in [-0.4, -0.2) is 47.3 Å². The number of ether oxygens (including phenoxy) is 1. The lowest BCUT2D eigenvalue weighted by molar-refractivity contribution is -0.124. The number of urea groups is 1. The van der Waals surface area contributed by atoms with Gasteiger partial charge in [-0.1, -0.05) is 30.3 Å². The van der Waals surface area contributed by atoms with Gasteiger partial charge in [-0.2, -0.15) is 0 Å². The first-order chi connectivity index (χ1) is 17.2. The smallest absolute Gasteiger partial charge is 0.322 e. The van der Waals surface area contributed by atoms with Crippen molar-refractivity contribution < 1.29 is 23.9 Å². The second kappa shape index (κ2) is 8.38.